The zero-order chi connectivity index (χ0) is 13.4. The third-order valence-electron chi connectivity index (χ3n) is 3.26. The number of rotatable bonds is 7. The molecule has 2 N–H and O–H groups in total. The number of nitrogens with zero attached hydrogens (tertiary/aromatic N) is 1. The lowest BCUT2D eigenvalue weighted by Gasteiger charge is -2.28. The van der Waals surface area contributed by atoms with Crippen molar-refractivity contribution in [2.45, 2.75) is 26.7 Å². The van der Waals surface area contributed by atoms with Crippen LogP contribution >= 0.6 is 0 Å². The molecule has 18 heavy (non-hydrogen) atoms. The number of carbonyl (C=O) groups excluding carboxylic acids is 1. The maximum absolute atomic E-state index is 11.9. The van der Waals surface area contributed by atoms with Crippen molar-refractivity contribution in [1.29, 1.82) is 0 Å². The van der Waals surface area contributed by atoms with Crippen LogP contribution in [0.4, 0.5) is 0 Å². The number of ether oxygens (including phenoxy) is 1. The summed E-state index contributed by atoms with van der Waals surface area (Å²) in [7, 11) is 0. The van der Waals surface area contributed by atoms with E-state index in [4.69, 9.17) is 9.84 Å². The van der Waals surface area contributed by atoms with Gasteiger partial charge in [0.05, 0.1) is 19.8 Å². The summed E-state index contributed by atoms with van der Waals surface area (Å²) >= 11 is 0. The highest BCUT2D eigenvalue weighted by Crippen LogP contribution is 2.20. The van der Waals surface area contributed by atoms with Crippen molar-refractivity contribution in [2.24, 2.45) is 5.41 Å². The maximum atomic E-state index is 11.9. The van der Waals surface area contributed by atoms with Crippen LogP contribution in [0.5, 0.6) is 0 Å². The van der Waals surface area contributed by atoms with Crippen LogP contribution < -0.4 is 5.32 Å². The van der Waals surface area contributed by atoms with Gasteiger partial charge in [-0.3, -0.25) is 4.79 Å². The Bertz CT molecular complexity index is 251. The van der Waals surface area contributed by atoms with Crippen molar-refractivity contribution < 1.29 is 14.6 Å². The second-order valence-electron chi connectivity index (χ2n) is 5.59. The lowest BCUT2D eigenvalue weighted by atomic mass is 9.88. The molecule has 0 aromatic carbocycles. The van der Waals surface area contributed by atoms with Gasteiger partial charge in [0.15, 0.2) is 0 Å². The van der Waals surface area contributed by atoms with Gasteiger partial charge in [0.2, 0.25) is 5.91 Å². The number of carbonyl (C=O) groups is 1. The molecule has 0 unspecified atom stereocenters. The van der Waals surface area contributed by atoms with E-state index < -0.39 is 0 Å². The van der Waals surface area contributed by atoms with Gasteiger partial charge in [-0.15, -0.1) is 0 Å². The van der Waals surface area contributed by atoms with E-state index in [9.17, 15) is 4.79 Å². The third kappa shape index (κ3) is 5.80. The van der Waals surface area contributed by atoms with Crippen molar-refractivity contribution in [1.82, 2.24) is 10.2 Å². The van der Waals surface area contributed by atoms with E-state index in [1.807, 2.05) is 4.90 Å². The Morgan fingerprint density at radius 3 is 2.67 bits per heavy atom. The van der Waals surface area contributed by atoms with Crippen LogP contribution in [-0.2, 0) is 9.53 Å². The number of aliphatic hydroxyl groups excluding tert-OH is 1. The van der Waals surface area contributed by atoms with Gasteiger partial charge < -0.3 is 20.1 Å². The molecular weight excluding hydrogens is 232 g/mol. The van der Waals surface area contributed by atoms with Crippen molar-refractivity contribution >= 4 is 5.91 Å². The second-order valence-corrected chi connectivity index (χ2v) is 5.59. The van der Waals surface area contributed by atoms with Crippen LogP contribution in [0.15, 0.2) is 0 Å². The molecule has 0 radical (unpaired) electrons. The first-order chi connectivity index (χ1) is 8.55. The molecule has 0 saturated carbocycles. The smallest absolute Gasteiger partial charge is 0.236 e. The first-order valence-electron chi connectivity index (χ1n) is 6.72. The Morgan fingerprint density at radius 1 is 1.39 bits per heavy atom. The molecule has 0 bridgehead atoms. The van der Waals surface area contributed by atoms with Crippen molar-refractivity contribution in [3.8, 4) is 0 Å². The number of nitrogens with one attached hydrogen (secondary N) is 1. The molecule has 1 heterocycles. The highest BCUT2D eigenvalue weighted by Gasteiger charge is 2.19. The highest BCUT2D eigenvalue weighted by atomic mass is 16.5. The van der Waals surface area contributed by atoms with Gasteiger partial charge in [-0.05, 0) is 18.3 Å². The van der Waals surface area contributed by atoms with Gasteiger partial charge in [-0.25, -0.2) is 0 Å². The average molecular weight is 258 g/mol. The summed E-state index contributed by atoms with van der Waals surface area (Å²) in [5.74, 6) is 0.149. The monoisotopic (exact) mass is 258 g/mol. The van der Waals surface area contributed by atoms with Gasteiger partial charge in [0.25, 0.3) is 0 Å². The molecule has 1 amide bonds. The summed E-state index contributed by atoms with van der Waals surface area (Å²) in [6.45, 7) is 8.41. The molecule has 0 spiro atoms. The van der Waals surface area contributed by atoms with E-state index in [1.165, 1.54) is 0 Å². The summed E-state index contributed by atoms with van der Waals surface area (Å²) in [5, 5.41) is 12.0. The molecular formula is C13H26N2O3. The predicted octanol–water partition coefficient (Wildman–Crippen LogP) is 0.234. The van der Waals surface area contributed by atoms with Crippen molar-refractivity contribution in [3.63, 3.8) is 0 Å². The molecule has 106 valence electrons. The molecule has 0 aliphatic carbocycles. The SMILES string of the molecule is CC(C)(CCCO)CNCC(=O)N1CCOCC1. The second kappa shape index (κ2) is 7.71. The molecule has 1 aliphatic heterocycles. The Labute approximate surface area is 109 Å². The lowest BCUT2D eigenvalue weighted by molar-refractivity contribution is -0.134. The van der Waals surface area contributed by atoms with Gasteiger partial charge in [-0.2, -0.15) is 0 Å². The number of aliphatic hydroxyl groups is 1. The highest BCUT2D eigenvalue weighted by molar-refractivity contribution is 5.78. The standard InChI is InChI=1S/C13H26N2O3/c1-13(2,4-3-7-16)11-14-10-12(17)15-5-8-18-9-6-15/h14,16H,3-11H2,1-2H3. The number of hydrogen-bond acceptors (Lipinski definition) is 4. The Morgan fingerprint density at radius 2 is 2.06 bits per heavy atom. The molecule has 0 aromatic rings. The molecule has 0 aromatic heterocycles. The minimum absolute atomic E-state index is 0.119. The fourth-order valence-electron chi connectivity index (χ4n) is 2.08. The Hall–Kier alpha value is -0.650. The lowest BCUT2D eigenvalue weighted by Crippen LogP contribution is -2.45. The summed E-state index contributed by atoms with van der Waals surface area (Å²) in [6.07, 6.45) is 1.77. The van der Waals surface area contributed by atoms with Gasteiger partial charge in [-0.1, -0.05) is 13.8 Å². The largest absolute Gasteiger partial charge is 0.396 e. The topological polar surface area (TPSA) is 61.8 Å². The van der Waals surface area contributed by atoms with Crippen LogP contribution in [-0.4, -0.2) is 61.9 Å². The third-order valence-corrected chi connectivity index (χ3v) is 3.26. The van der Waals surface area contributed by atoms with E-state index >= 15 is 0 Å². The van der Waals surface area contributed by atoms with Gasteiger partial charge in [0, 0.05) is 26.2 Å². The normalized spacial score (nSPS) is 16.9. The molecule has 5 heteroatoms. The minimum atomic E-state index is 0.119. The van der Waals surface area contributed by atoms with E-state index in [2.05, 4.69) is 19.2 Å². The number of amides is 1. The molecule has 1 saturated heterocycles. The molecule has 1 aliphatic rings. The Kier molecular flexibility index (Phi) is 6.60. The van der Waals surface area contributed by atoms with Crippen molar-refractivity contribution in [3.05, 3.63) is 0 Å². The number of morpholine rings is 1. The van der Waals surface area contributed by atoms with Crippen LogP contribution in [0.1, 0.15) is 26.7 Å². The first-order valence-corrected chi connectivity index (χ1v) is 6.72. The fourth-order valence-corrected chi connectivity index (χ4v) is 2.08. The zero-order valence-corrected chi connectivity index (χ0v) is 11.6. The van der Waals surface area contributed by atoms with Crippen molar-refractivity contribution in [2.75, 3.05) is 46.0 Å². The van der Waals surface area contributed by atoms with Crippen LogP contribution in [0.3, 0.4) is 0 Å². The number of hydrogen-bond donors (Lipinski definition) is 2. The van der Waals surface area contributed by atoms with E-state index in [0.29, 0.717) is 32.8 Å². The van der Waals surface area contributed by atoms with Crippen LogP contribution in [0.2, 0.25) is 0 Å². The van der Waals surface area contributed by atoms with Gasteiger partial charge >= 0.3 is 0 Å². The molecule has 1 rings (SSSR count). The van der Waals surface area contributed by atoms with E-state index in [-0.39, 0.29) is 17.9 Å². The molecule has 1 fully saturated rings. The minimum Gasteiger partial charge on any atom is -0.396 e. The summed E-state index contributed by atoms with van der Waals surface area (Å²) in [4.78, 5) is 13.7. The first kappa shape index (κ1) is 15.4. The van der Waals surface area contributed by atoms with Gasteiger partial charge in [0.1, 0.15) is 0 Å². The van der Waals surface area contributed by atoms with Crippen LogP contribution in [0.25, 0.3) is 0 Å². The summed E-state index contributed by atoms with van der Waals surface area (Å²) in [5.41, 5.74) is 0.119. The fraction of sp³-hybridized carbons (Fsp3) is 0.923. The van der Waals surface area contributed by atoms with E-state index in [1.54, 1.807) is 0 Å². The zero-order valence-electron chi connectivity index (χ0n) is 11.6. The molecule has 0 atom stereocenters. The predicted molar refractivity (Wildman–Crippen MR) is 70.4 cm³/mol. The summed E-state index contributed by atoms with van der Waals surface area (Å²) < 4.78 is 5.21. The average Bonchev–Trinajstić information content (AvgIpc) is 2.37. The van der Waals surface area contributed by atoms with Crippen LogP contribution in [0, 0.1) is 5.41 Å². The quantitative estimate of drug-likeness (QED) is 0.686. The van der Waals surface area contributed by atoms with E-state index in [0.717, 1.165) is 19.4 Å². The maximum Gasteiger partial charge on any atom is 0.236 e. The Balaban J connectivity index is 2.17. The summed E-state index contributed by atoms with van der Waals surface area (Å²) in [6, 6.07) is 0. The molecule has 5 nitrogen and oxygen atoms in total.